The second-order valence-corrected chi connectivity index (χ2v) is 8.71. The molecule has 1 aromatic rings. The molecule has 3 fully saturated rings. The molecule has 0 bridgehead atoms. The van der Waals surface area contributed by atoms with E-state index in [2.05, 4.69) is 28.9 Å². The first kappa shape index (κ1) is 18.0. The number of amides is 1. The molecule has 0 N–H and O–H groups in total. The molecule has 0 aromatic carbocycles. The molecule has 1 saturated carbocycles. The van der Waals surface area contributed by atoms with E-state index in [4.69, 9.17) is 9.15 Å². The minimum absolute atomic E-state index is 0.0311. The Morgan fingerprint density at radius 1 is 1.15 bits per heavy atom. The van der Waals surface area contributed by atoms with Gasteiger partial charge in [0.25, 0.3) is 0 Å². The highest BCUT2D eigenvalue weighted by Gasteiger charge is 2.52. The van der Waals surface area contributed by atoms with Crippen molar-refractivity contribution in [2.24, 2.45) is 11.3 Å². The molecule has 2 aliphatic heterocycles. The molecule has 6 heteroatoms. The van der Waals surface area contributed by atoms with Crippen molar-refractivity contribution in [3.05, 3.63) is 11.8 Å². The smallest absolute Gasteiger partial charge is 0.225 e. The van der Waals surface area contributed by atoms with Crippen LogP contribution in [0.3, 0.4) is 0 Å². The third-order valence-electron chi connectivity index (χ3n) is 6.65. The summed E-state index contributed by atoms with van der Waals surface area (Å²) < 4.78 is 11.7. The van der Waals surface area contributed by atoms with E-state index in [0.29, 0.717) is 11.8 Å². The summed E-state index contributed by atoms with van der Waals surface area (Å²) in [4.78, 5) is 15.2. The lowest BCUT2D eigenvalue weighted by atomic mass is 9.72. The predicted molar refractivity (Wildman–Crippen MR) is 96.8 cm³/mol. The lowest BCUT2D eigenvalue weighted by Crippen LogP contribution is -2.39. The lowest BCUT2D eigenvalue weighted by Gasteiger charge is -2.36. The largest absolute Gasteiger partial charge is 0.425 e. The molecule has 1 atom stereocenters. The fourth-order valence-corrected chi connectivity index (χ4v) is 4.99. The van der Waals surface area contributed by atoms with Gasteiger partial charge in [-0.25, -0.2) is 0 Å². The van der Waals surface area contributed by atoms with Gasteiger partial charge in [0.15, 0.2) is 0 Å². The van der Waals surface area contributed by atoms with E-state index in [0.717, 1.165) is 57.9 Å². The van der Waals surface area contributed by atoms with Gasteiger partial charge in [-0.3, -0.25) is 4.79 Å². The topological polar surface area (TPSA) is 68.5 Å². The monoisotopic (exact) mass is 361 g/mol. The second-order valence-electron chi connectivity index (χ2n) is 8.71. The Hall–Kier alpha value is -1.43. The number of aromatic nitrogens is 2. The SMILES string of the molecule is CC(C)c1nnc([C@H]2CN(C(=O)C3CCCCC3)CC23CCOCC3)o1. The quantitative estimate of drug-likeness (QED) is 0.824. The van der Waals surface area contributed by atoms with Crippen LogP contribution < -0.4 is 0 Å². The summed E-state index contributed by atoms with van der Waals surface area (Å²) in [6.45, 7) is 7.18. The van der Waals surface area contributed by atoms with Gasteiger partial charge in [-0.1, -0.05) is 33.1 Å². The zero-order chi connectivity index (χ0) is 18.1. The number of carbonyl (C=O) groups is 1. The van der Waals surface area contributed by atoms with Gasteiger partial charge in [-0.15, -0.1) is 10.2 Å². The van der Waals surface area contributed by atoms with Crippen LogP contribution in [0.15, 0.2) is 4.42 Å². The fraction of sp³-hybridized carbons (Fsp3) is 0.850. The number of carbonyl (C=O) groups excluding carboxylic acids is 1. The van der Waals surface area contributed by atoms with Crippen molar-refractivity contribution in [1.82, 2.24) is 15.1 Å². The van der Waals surface area contributed by atoms with Crippen molar-refractivity contribution in [2.45, 2.75) is 70.6 Å². The fourth-order valence-electron chi connectivity index (χ4n) is 4.99. The molecular weight excluding hydrogens is 330 g/mol. The van der Waals surface area contributed by atoms with Crippen LogP contribution in [0.25, 0.3) is 0 Å². The van der Waals surface area contributed by atoms with Crippen LogP contribution in [0.1, 0.15) is 82.4 Å². The average molecular weight is 361 g/mol. The van der Waals surface area contributed by atoms with Crippen LogP contribution >= 0.6 is 0 Å². The molecule has 1 spiro atoms. The zero-order valence-electron chi connectivity index (χ0n) is 16.1. The van der Waals surface area contributed by atoms with Gasteiger partial charge in [0.1, 0.15) is 0 Å². The summed E-state index contributed by atoms with van der Waals surface area (Å²) in [5.74, 6) is 2.34. The van der Waals surface area contributed by atoms with Crippen LogP contribution in [-0.4, -0.2) is 47.3 Å². The molecule has 1 amide bonds. The van der Waals surface area contributed by atoms with Gasteiger partial charge in [0.05, 0.1) is 5.92 Å². The van der Waals surface area contributed by atoms with Gasteiger partial charge < -0.3 is 14.1 Å². The maximum Gasteiger partial charge on any atom is 0.225 e. The van der Waals surface area contributed by atoms with E-state index in [1.807, 2.05) is 0 Å². The Balaban J connectivity index is 1.57. The zero-order valence-corrected chi connectivity index (χ0v) is 16.1. The molecule has 144 valence electrons. The predicted octanol–water partition coefficient (Wildman–Crippen LogP) is 3.50. The molecule has 3 aliphatic rings. The van der Waals surface area contributed by atoms with Gasteiger partial charge >= 0.3 is 0 Å². The van der Waals surface area contributed by atoms with E-state index < -0.39 is 0 Å². The molecule has 2 saturated heterocycles. The minimum atomic E-state index is 0.0311. The number of rotatable bonds is 3. The Labute approximate surface area is 155 Å². The van der Waals surface area contributed by atoms with Crippen molar-refractivity contribution in [3.63, 3.8) is 0 Å². The molecule has 0 radical (unpaired) electrons. The van der Waals surface area contributed by atoms with Gasteiger partial charge in [0, 0.05) is 43.6 Å². The van der Waals surface area contributed by atoms with E-state index in [-0.39, 0.29) is 23.2 Å². The standard InChI is InChI=1S/C20H31N3O3/c1-14(2)17-21-22-18(26-17)16-12-23(13-20(16)8-10-25-11-9-20)19(24)15-6-4-3-5-7-15/h14-16H,3-13H2,1-2H3/t16-/m1/s1. The number of ether oxygens (including phenoxy) is 1. The van der Waals surface area contributed by atoms with Crippen molar-refractivity contribution in [2.75, 3.05) is 26.3 Å². The first-order chi connectivity index (χ1) is 12.6. The van der Waals surface area contributed by atoms with E-state index in [9.17, 15) is 4.79 Å². The third-order valence-corrected chi connectivity index (χ3v) is 6.65. The molecule has 0 unspecified atom stereocenters. The van der Waals surface area contributed by atoms with Crippen molar-refractivity contribution in [3.8, 4) is 0 Å². The number of nitrogens with zero attached hydrogens (tertiary/aromatic N) is 3. The number of likely N-dealkylation sites (tertiary alicyclic amines) is 1. The molecule has 26 heavy (non-hydrogen) atoms. The Bertz CT molecular complexity index is 630. The van der Waals surface area contributed by atoms with Gasteiger partial charge in [0.2, 0.25) is 17.7 Å². The average Bonchev–Trinajstić information content (AvgIpc) is 3.28. The van der Waals surface area contributed by atoms with Crippen LogP contribution in [0.2, 0.25) is 0 Å². The molecular formula is C20H31N3O3. The Morgan fingerprint density at radius 3 is 2.54 bits per heavy atom. The maximum atomic E-state index is 13.1. The number of hydrogen-bond donors (Lipinski definition) is 0. The normalized spacial score (nSPS) is 26.7. The summed E-state index contributed by atoms with van der Waals surface area (Å²) in [7, 11) is 0. The lowest BCUT2D eigenvalue weighted by molar-refractivity contribution is -0.136. The van der Waals surface area contributed by atoms with E-state index in [1.54, 1.807) is 0 Å². The molecule has 1 aliphatic carbocycles. The second kappa shape index (κ2) is 7.29. The van der Waals surface area contributed by atoms with Crippen LogP contribution in [0.4, 0.5) is 0 Å². The minimum Gasteiger partial charge on any atom is -0.425 e. The van der Waals surface area contributed by atoms with E-state index >= 15 is 0 Å². The third kappa shape index (κ3) is 3.28. The number of hydrogen-bond acceptors (Lipinski definition) is 5. The maximum absolute atomic E-state index is 13.1. The molecule has 4 rings (SSSR count). The van der Waals surface area contributed by atoms with E-state index in [1.165, 1.54) is 19.3 Å². The molecule has 1 aromatic heterocycles. The van der Waals surface area contributed by atoms with Crippen molar-refractivity contribution >= 4 is 5.91 Å². The summed E-state index contributed by atoms with van der Waals surface area (Å²) >= 11 is 0. The highest BCUT2D eigenvalue weighted by Crippen LogP contribution is 2.49. The van der Waals surface area contributed by atoms with Crippen molar-refractivity contribution < 1.29 is 13.9 Å². The highest BCUT2D eigenvalue weighted by atomic mass is 16.5. The molecule has 3 heterocycles. The molecule has 6 nitrogen and oxygen atoms in total. The van der Waals surface area contributed by atoms with Crippen LogP contribution in [0, 0.1) is 11.3 Å². The first-order valence-electron chi connectivity index (χ1n) is 10.3. The summed E-state index contributed by atoms with van der Waals surface area (Å²) in [6, 6.07) is 0. The highest BCUT2D eigenvalue weighted by molar-refractivity contribution is 5.79. The Kier molecular flexibility index (Phi) is 5.04. The van der Waals surface area contributed by atoms with Gasteiger partial charge in [-0.05, 0) is 25.7 Å². The summed E-state index contributed by atoms with van der Waals surface area (Å²) in [5.41, 5.74) is 0.0311. The summed E-state index contributed by atoms with van der Waals surface area (Å²) in [6.07, 6.45) is 7.68. The van der Waals surface area contributed by atoms with Crippen LogP contribution in [-0.2, 0) is 9.53 Å². The van der Waals surface area contributed by atoms with Gasteiger partial charge in [-0.2, -0.15) is 0 Å². The van der Waals surface area contributed by atoms with Crippen molar-refractivity contribution in [1.29, 1.82) is 0 Å². The van der Waals surface area contributed by atoms with Crippen LogP contribution in [0.5, 0.6) is 0 Å². The first-order valence-corrected chi connectivity index (χ1v) is 10.3. The Morgan fingerprint density at radius 2 is 1.88 bits per heavy atom. The summed E-state index contributed by atoms with van der Waals surface area (Å²) in [5, 5.41) is 8.63.